The Balaban J connectivity index is 1.09. The Morgan fingerprint density at radius 2 is 1.33 bits per heavy atom. The SMILES string of the molecule is O=C1c2ccccc2C(=O)N1c1cccc(C2OC(CN3CCN(Cc4ccccc4)CC3)CC(c3ccc(CO)cc3)O2)c1. The van der Waals surface area contributed by atoms with E-state index in [1.165, 1.54) is 10.5 Å². The second-order valence-corrected chi connectivity index (χ2v) is 12.0. The number of fused-ring (bicyclic) bond motifs is 1. The summed E-state index contributed by atoms with van der Waals surface area (Å²) >= 11 is 0. The van der Waals surface area contributed by atoms with E-state index in [9.17, 15) is 14.7 Å². The Hall–Kier alpha value is -4.18. The van der Waals surface area contributed by atoms with Crippen LogP contribution in [0.25, 0.3) is 0 Å². The molecular weight excluding hydrogens is 566 g/mol. The molecule has 4 aromatic rings. The van der Waals surface area contributed by atoms with Crippen LogP contribution in [0.1, 0.15) is 61.8 Å². The lowest BCUT2D eigenvalue weighted by Crippen LogP contribution is -2.49. The number of imide groups is 1. The van der Waals surface area contributed by atoms with Crippen LogP contribution in [-0.4, -0.2) is 65.5 Å². The van der Waals surface area contributed by atoms with Crippen LogP contribution < -0.4 is 4.90 Å². The molecule has 45 heavy (non-hydrogen) atoms. The molecule has 0 aromatic heterocycles. The van der Waals surface area contributed by atoms with Crippen LogP contribution >= 0.6 is 0 Å². The van der Waals surface area contributed by atoms with E-state index in [1.807, 2.05) is 42.5 Å². The van der Waals surface area contributed by atoms with E-state index < -0.39 is 6.29 Å². The summed E-state index contributed by atoms with van der Waals surface area (Å²) in [6.07, 6.45) is -0.295. The Morgan fingerprint density at radius 1 is 0.667 bits per heavy atom. The average Bonchev–Trinajstić information content (AvgIpc) is 3.35. The van der Waals surface area contributed by atoms with Crippen molar-refractivity contribution in [1.82, 2.24) is 9.80 Å². The molecule has 3 atom stereocenters. The lowest BCUT2D eigenvalue weighted by atomic mass is 9.99. The van der Waals surface area contributed by atoms with Crippen molar-refractivity contribution in [2.75, 3.05) is 37.6 Å². The highest BCUT2D eigenvalue weighted by Gasteiger charge is 2.38. The Bertz CT molecular complexity index is 1620. The van der Waals surface area contributed by atoms with Gasteiger partial charge in [-0.25, -0.2) is 4.90 Å². The number of hydrogen-bond donors (Lipinski definition) is 1. The molecule has 3 heterocycles. The standard InChI is InChI=1S/C37H37N3O5/c41-25-27-13-15-28(16-14-27)34-22-31(24-39-19-17-38(18-20-39)23-26-7-2-1-3-8-26)44-37(45-34)29-9-6-10-30(21-29)40-35(42)32-11-4-5-12-33(32)36(40)43/h1-16,21,31,34,37,41H,17-20,22-25H2. The number of anilines is 1. The van der Waals surface area contributed by atoms with Gasteiger partial charge in [-0.2, -0.15) is 0 Å². The molecule has 0 spiro atoms. The van der Waals surface area contributed by atoms with E-state index in [-0.39, 0.29) is 30.6 Å². The van der Waals surface area contributed by atoms with Crippen molar-refractivity contribution in [3.8, 4) is 0 Å². The van der Waals surface area contributed by atoms with Crippen LogP contribution in [0.2, 0.25) is 0 Å². The van der Waals surface area contributed by atoms with Crippen molar-refractivity contribution in [2.24, 2.45) is 0 Å². The maximum Gasteiger partial charge on any atom is 0.266 e. The lowest BCUT2D eigenvalue weighted by molar-refractivity contribution is -0.253. The first-order valence-electron chi connectivity index (χ1n) is 15.6. The van der Waals surface area contributed by atoms with Gasteiger partial charge in [0.25, 0.3) is 11.8 Å². The molecule has 2 amide bonds. The van der Waals surface area contributed by atoms with Gasteiger partial charge in [0.15, 0.2) is 6.29 Å². The monoisotopic (exact) mass is 603 g/mol. The summed E-state index contributed by atoms with van der Waals surface area (Å²) in [6.45, 7) is 5.64. The van der Waals surface area contributed by atoms with Crippen molar-refractivity contribution >= 4 is 17.5 Å². The number of benzene rings is 4. The number of hydrogen-bond acceptors (Lipinski definition) is 7. The largest absolute Gasteiger partial charge is 0.392 e. The summed E-state index contributed by atoms with van der Waals surface area (Å²) < 4.78 is 13.2. The first-order chi connectivity index (χ1) is 22.1. The number of rotatable bonds is 8. The first-order valence-corrected chi connectivity index (χ1v) is 15.6. The van der Waals surface area contributed by atoms with Crippen LogP contribution in [0, 0.1) is 0 Å². The van der Waals surface area contributed by atoms with E-state index in [0.29, 0.717) is 23.2 Å². The third-order valence-corrected chi connectivity index (χ3v) is 8.99. The number of nitrogens with zero attached hydrogens (tertiary/aromatic N) is 3. The Kier molecular flexibility index (Phi) is 8.56. The molecule has 8 heteroatoms. The summed E-state index contributed by atoms with van der Waals surface area (Å²) in [5.74, 6) is -0.659. The summed E-state index contributed by atoms with van der Waals surface area (Å²) in [4.78, 5) is 32.6. The number of aliphatic hydroxyl groups excluding tert-OH is 1. The molecule has 3 aliphatic rings. The normalized spacial score (nSPS) is 22.5. The number of carbonyl (C=O) groups excluding carboxylic acids is 2. The minimum absolute atomic E-state index is 0.0129. The first kappa shape index (κ1) is 29.5. The lowest BCUT2D eigenvalue weighted by Gasteiger charge is -2.41. The van der Waals surface area contributed by atoms with Crippen molar-refractivity contribution < 1.29 is 24.2 Å². The third-order valence-electron chi connectivity index (χ3n) is 8.99. The number of ether oxygens (including phenoxy) is 2. The molecule has 2 fully saturated rings. The van der Waals surface area contributed by atoms with Crippen LogP contribution in [-0.2, 0) is 22.6 Å². The summed E-state index contributed by atoms with van der Waals surface area (Å²) in [7, 11) is 0. The van der Waals surface area contributed by atoms with Gasteiger partial charge < -0.3 is 14.6 Å². The van der Waals surface area contributed by atoms with Crippen molar-refractivity contribution in [2.45, 2.75) is 38.1 Å². The van der Waals surface area contributed by atoms with Crippen LogP contribution in [0.3, 0.4) is 0 Å². The second-order valence-electron chi connectivity index (χ2n) is 12.0. The predicted octanol–water partition coefficient (Wildman–Crippen LogP) is 5.34. The van der Waals surface area contributed by atoms with E-state index >= 15 is 0 Å². The van der Waals surface area contributed by atoms with Gasteiger partial charge >= 0.3 is 0 Å². The zero-order chi connectivity index (χ0) is 30.8. The van der Waals surface area contributed by atoms with Gasteiger partial charge in [0, 0.05) is 51.3 Å². The van der Waals surface area contributed by atoms with Gasteiger partial charge in [0.2, 0.25) is 0 Å². The van der Waals surface area contributed by atoms with Crippen molar-refractivity contribution in [1.29, 1.82) is 0 Å². The highest BCUT2D eigenvalue weighted by molar-refractivity contribution is 6.34. The molecule has 3 unspecified atom stereocenters. The smallest absolute Gasteiger partial charge is 0.266 e. The Labute approximate surface area is 263 Å². The maximum atomic E-state index is 13.2. The minimum Gasteiger partial charge on any atom is -0.392 e. The van der Waals surface area contributed by atoms with E-state index in [0.717, 1.165) is 56.0 Å². The maximum absolute atomic E-state index is 13.2. The van der Waals surface area contributed by atoms with Crippen LogP contribution in [0.15, 0.2) is 103 Å². The van der Waals surface area contributed by atoms with Gasteiger partial charge in [-0.05, 0) is 41.0 Å². The number of aliphatic hydroxyl groups is 1. The molecule has 0 aliphatic carbocycles. The summed E-state index contributed by atoms with van der Waals surface area (Å²) in [5.41, 5.74) is 5.27. The average molecular weight is 604 g/mol. The highest BCUT2D eigenvalue weighted by Crippen LogP contribution is 2.39. The van der Waals surface area contributed by atoms with E-state index in [1.54, 1.807) is 30.3 Å². The molecule has 8 nitrogen and oxygen atoms in total. The van der Waals surface area contributed by atoms with Gasteiger partial charge in [-0.1, -0.05) is 78.9 Å². The quantitative estimate of drug-likeness (QED) is 0.272. The van der Waals surface area contributed by atoms with Crippen molar-refractivity contribution in [3.63, 3.8) is 0 Å². The highest BCUT2D eigenvalue weighted by atomic mass is 16.7. The molecule has 0 radical (unpaired) electrons. The third kappa shape index (κ3) is 6.33. The molecule has 7 rings (SSSR count). The number of carbonyl (C=O) groups is 2. The van der Waals surface area contributed by atoms with E-state index in [2.05, 4.69) is 40.1 Å². The molecule has 0 bridgehead atoms. The topological polar surface area (TPSA) is 82.6 Å². The van der Waals surface area contributed by atoms with E-state index in [4.69, 9.17) is 9.47 Å². The van der Waals surface area contributed by atoms with Crippen LogP contribution in [0.5, 0.6) is 0 Å². The number of amides is 2. The van der Waals surface area contributed by atoms with Gasteiger partial charge in [-0.3, -0.25) is 19.4 Å². The molecule has 1 N–H and O–H groups in total. The van der Waals surface area contributed by atoms with Gasteiger partial charge in [-0.15, -0.1) is 0 Å². The van der Waals surface area contributed by atoms with Gasteiger partial charge in [0.1, 0.15) is 0 Å². The van der Waals surface area contributed by atoms with Crippen molar-refractivity contribution in [3.05, 3.63) is 137 Å². The zero-order valence-corrected chi connectivity index (χ0v) is 25.1. The summed E-state index contributed by atoms with van der Waals surface area (Å²) in [5, 5.41) is 9.55. The fourth-order valence-electron chi connectivity index (χ4n) is 6.53. The molecule has 230 valence electrons. The fraction of sp³-hybridized carbons (Fsp3) is 0.297. The molecule has 3 aliphatic heterocycles. The summed E-state index contributed by atoms with van der Waals surface area (Å²) in [6, 6.07) is 32.7. The van der Waals surface area contributed by atoms with Gasteiger partial charge in [0.05, 0.1) is 35.6 Å². The Morgan fingerprint density at radius 3 is 2.02 bits per heavy atom. The molecular formula is C37H37N3O5. The minimum atomic E-state index is -0.680. The molecule has 0 saturated carbocycles. The fourth-order valence-corrected chi connectivity index (χ4v) is 6.53. The molecule has 4 aromatic carbocycles. The zero-order valence-electron chi connectivity index (χ0n) is 25.1. The predicted molar refractivity (Wildman–Crippen MR) is 171 cm³/mol. The number of piperazine rings is 1. The molecule has 2 saturated heterocycles. The second kappa shape index (κ2) is 13.0. The van der Waals surface area contributed by atoms with Crippen LogP contribution in [0.4, 0.5) is 5.69 Å².